The molecule has 0 bridgehead atoms. The van der Waals surface area contributed by atoms with Gasteiger partial charge in [0.1, 0.15) is 0 Å². The van der Waals surface area contributed by atoms with E-state index in [-0.39, 0.29) is 17.8 Å². The Hall–Kier alpha value is -1.86. The number of rotatable bonds is 4. The Morgan fingerprint density at radius 2 is 2.05 bits per heavy atom. The van der Waals surface area contributed by atoms with E-state index in [1.807, 2.05) is 12.1 Å². The van der Waals surface area contributed by atoms with Gasteiger partial charge in [-0.3, -0.25) is 4.79 Å². The van der Waals surface area contributed by atoms with Crippen LogP contribution in [0.25, 0.3) is 0 Å². The predicted octanol–water partition coefficient (Wildman–Crippen LogP) is 2.81. The van der Waals surface area contributed by atoms with Crippen LogP contribution in [0.1, 0.15) is 56.8 Å². The average Bonchev–Trinajstić information content (AvgIpc) is 2.37. The molecule has 1 rings (SSSR count). The van der Waals surface area contributed by atoms with Crippen molar-refractivity contribution < 1.29 is 9.53 Å². The zero-order valence-electron chi connectivity index (χ0n) is 12.6. The van der Waals surface area contributed by atoms with Crippen molar-refractivity contribution in [3.05, 3.63) is 34.9 Å². The monoisotopic (exact) mass is 274 g/mol. The van der Waals surface area contributed by atoms with E-state index in [1.165, 1.54) is 0 Å². The Kier molecular flexibility index (Phi) is 5.29. The van der Waals surface area contributed by atoms with Crippen LogP contribution in [-0.4, -0.2) is 12.6 Å². The molecule has 2 N–H and O–H groups in total. The number of benzene rings is 1. The third kappa shape index (κ3) is 4.36. The van der Waals surface area contributed by atoms with Crippen LogP contribution in [0, 0.1) is 11.3 Å². The van der Waals surface area contributed by atoms with E-state index in [1.54, 1.807) is 13.0 Å². The van der Waals surface area contributed by atoms with Gasteiger partial charge in [-0.15, -0.1) is 0 Å². The van der Waals surface area contributed by atoms with Crippen LogP contribution in [0.4, 0.5) is 0 Å². The SMILES string of the molecule is CCOC(=O)C[C@H](N)c1cc(C#N)cc(C(C)(C)C)c1. The lowest BCUT2D eigenvalue weighted by Gasteiger charge is -2.22. The maximum atomic E-state index is 11.5. The predicted molar refractivity (Wildman–Crippen MR) is 78.0 cm³/mol. The van der Waals surface area contributed by atoms with Gasteiger partial charge in [-0.1, -0.05) is 26.8 Å². The summed E-state index contributed by atoms with van der Waals surface area (Å²) in [5.74, 6) is -0.320. The van der Waals surface area contributed by atoms with E-state index >= 15 is 0 Å². The Labute approximate surface area is 120 Å². The summed E-state index contributed by atoms with van der Waals surface area (Å²) in [5.41, 5.74) is 8.36. The second-order valence-corrected chi connectivity index (χ2v) is 5.82. The molecule has 108 valence electrons. The number of carbonyl (C=O) groups excluding carboxylic acids is 1. The lowest BCUT2D eigenvalue weighted by atomic mass is 9.84. The highest BCUT2D eigenvalue weighted by molar-refractivity contribution is 5.70. The number of hydrogen-bond donors (Lipinski definition) is 1. The van der Waals surface area contributed by atoms with Crippen LogP contribution in [-0.2, 0) is 14.9 Å². The molecular formula is C16H22N2O2. The summed E-state index contributed by atoms with van der Waals surface area (Å²) in [6, 6.07) is 7.25. The quantitative estimate of drug-likeness (QED) is 0.856. The molecule has 0 aliphatic heterocycles. The molecule has 0 saturated carbocycles. The summed E-state index contributed by atoms with van der Waals surface area (Å²) < 4.78 is 4.90. The first-order chi connectivity index (χ1) is 9.27. The van der Waals surface area contributed by atoms with Gasteiger partial charge in [0.2, 0.25) is 0 Å². The number of esters is 1. The molecule has 0 amide bonds. The Balaban J connectivity index is 3.06. The van der Waals surface area contributed by atoms with Gasteiger partial charge in [0.05, 0.1) is 24.7 Å². The van der Waals surface area contributed by atoms with Gasteiger partial charge < -0.3 is 10.5 Å². The zero-order chi connectivity index (χ0) is 15.3. The summed E-state index contributed by atoms with van der Waals surface area (Å²) >= 11 is 0. The highest BCUT2D eigenvalue weighted by Gasteiger charge is 2.19. The number of ether oxygens (including phenoxy) is 1. The van der Waals surface area contributed by atoms with Crippen molar-refractivity contribution in [1.29, 1.82) is 5.26 Å². The van der Waals surface area contributed by atoms with E-state index < -0.39 is 6.04 Å². The molecule has 1 aromatic carbocycles. The largest absolute Gasteiger partial charge is 0.466 e. The molecule has 20 heavy (non-hydrogen) atoms. The van der Waals surface area contributed by atoms with E-state index in [0.29, 0.717) is 12.2 Å². The van der Waals surface area contributed by atoms with Crippen LogP contribution in [0.15, 0.2) is 18.2 Å². The first-order valence-corrected chi connectivity index (χ1v) is 6.74. The van der Waals surface area contributed by atoms with Crippen molar-refractivity contribution in [2.45, 2.75) is 45.6 Å². The summed E-state index contributed by atoms with van der Waals surface area (Å²) in [6.45, 7) is 8.33. The van der Waals surface area contributed by atoms with E-state index in [4.69, 9.17) is 15.7 Å². The lowest BCUT2D eigenvalue weighted by Crippen LogP contribution is -2.19. The molecule has 4 nitrogen and oxygen atoms in total. The smallest absolute Gasteiger partial charge is 0.307 e. The van der Waals surface area contributed by atoms with Crippen molar-refractivity contribution in [2.75, 3.05) is 6.61 Å². The summed E-state index contributed by atoms with van der Waals surface area (Å²) in [6.07, 6.45) is 0.117. The van der Waals surface area contributed by atoms with Gasteiger partial charge in [-0.2, -0.15) is 5.26 Å². The van der Waals surface area contributed by atoms with Crippen molar-refractivity contribution in [2.24, 2.45) is 5.73 Å². The summed E-state index contributed by atoms with van der Waals surface area (Å²) in [7, 11) is 0. The van der Waals surface area contributed by atoms with Gasteiger partial charge in [-0.05, 0) is 35.6 Å². The molecule has 0 fully saturated rings. The van der Waals surface area contributed by atoms with E-state index in [2.05, 4.69) is 26.8 Å². The molecule has 1 atom stereocenters. The molecule has 0 heterocycles. The number of nitrogens with zero attached hydrogens (tertiary/aromatic N) is 1. The highest BCUT2D eigenvalue weighted by Crippen LogP contribution is 2.27. The number of hydrogen-bond acceptors (Lipinski definition) is 4. The number of nitrogens with two attached hydrogens (primary N) is 1. The number of nitriles is 1. The maximum absolute atomic E-state index is 11.5. The third-order valence-electron chi connectivity index (χ3n) is 3.07. The lowest BCUT2D eigenvalue weighted by molar-refractivity contribution is -0.143. The minimum atomic E-state index is -0.455. The maximum Gasteiger partial charge on any atom is 0.307 e. The summed E-state index contributed by atoms with van der Waals surface area (Å²) in [4.78, 5) is 11.5. The van der Waals surface area contributed by atoms with Gasteiger partial charge in [0, 0.05) is 6.04 Å². The molecule has 0 saturated heterocycles. The molecule has 0 aromatic heterocycles. The van der Waals surface area contributed by atoms with Crippen LogP contribution in [0.5, 0.6) is 0 Å². The minimum absolute atomic E-state index is 0.0781. The zero-order valence-corrected chi connectivity index (χ0v) is 12.6. The fourth-order valence-corrected chi connectivity index (χ4v) is 1.88. The van der Waals surface area contributed by atoms with Crippen molar-refractivity contribution in [3.8, 4) is 6.07 Å². The second kappa shape index (κ2) is 6.53. The fourth-order valence-electron chi connectivity index (χ4n) is 1.88. The molecule has 0 aliphatic carbocycles. The van der Waals surface area contributed by atoms with E-state index in [0.717, 1.165) is 11.1 Å². The Bertz CT molecular complexity index is 524. The first kappa shape index (κ1) is 16.2. The molecule has 0 radical (unpaired) electrons. The van der Waals surface area contributed by atoms with Crippen molar-refractivity contribution in [1.82, 2.24) is 0 Å². The van der Waals surface area contributed by atoms with Gasteiger partial charge in [0.15, 0.2) is 0 Å². The second-order valence-electron chi connectivity index (χ2n) is 5.82. The molecule has 1 aromatic rings. The molecule has 0 aliphatic rings. The summed E-state index contributed by atoms with van der Waals surface area (Å²) in [5, 5.41) is 9.12. The molecule has 0 unspecified atom stereocenters. The van der Waals surface area contributed by atoms with Gasteiger partial charge >= 0.3 is 5.97 Å². The fraction of sp³-hybridized carbons (Fsp3) is 0.500. The van der Waals surface area contributed by atoms with Crippen molar-refractivity contribution >= 4 is 5.97 Å². The number of carbonyl (C=O) groups is 1. The normalized spacial score (nSPS) is 12.6. The average molecular weight is 274 g/mol. The van der Waals surface area contributed by atoms with Gasteiger partial charge in [0.25, 0.3) is 0 Å². The third-order valence-corrected chi connectivity index (χ3v) is 3.07. The Morgan fingerprint density at radius 1 is 1.40 bits per heavy atom. The van der Waals surface area contributed by atoms with E-state index in [9.17, 15) is 4.79 Å². The molecular weight excluding hydrogens is 252 g/mol. The van der Waals surface area contributed by atoms with Crippen LogP contribution < -0.4 is 5.73 Å². The van der Waals surface area contributed by atoms with Gasteiger partial charge in [-0.25, -0.2) is 0 Å². The molecule has 0 spiro atoms. The van der Waals surface area contributed by atoms with Crippen LogP contribution >= 0.6 is 0 Å². The highest BCUT2D eigenvalue weighted by atomic mass is 16.5. The molecule has 4 heteroatoms. The van der Waals surface area contributed by atoms with Crippen molar-refractivity contribution in [3.63, 3.8) is 0 Å². The van der Waals surface area contributed by atoms with Crippen LogP contribution in [0.3, 0.4) is 0 Å². The van der Waals surface area contributed by atoms with Crippen LogP contribution in [0.2, 0.25) is 0 Å². The standard InChI is InChI=1S/C16H22N2O2/c1-5-20-15(19)9-14(18)12-6-11(10-17)7-13(8-12)16(2,3)4/h6-8,14H,5,9,18H2,1-4H3/t14-/m0/s1. The topological polar surface area (TPSA) is 76.1 Å². The minimum Gasteiger partial charge on any atom is -0.466 e. The Morgan fingerprint density at radius 3 is 2.55 bits per heavy atom. The first-order valence-electron chi connectivity index (χ1n) is 6.74.